The Hall–Kier alpha value is -0.590. The Balaban J connectivity index is 2.83. The van der Waals surface area contributed by atoms with Crippen LogP contribution in [0.2, 0.25) is 0 Å². The molecule has 0 saturated carbocycles. The van der Waals surface area contributed by atoms with Gasteiger partial charge in [0.05, 0.1) is 6.07 Å². The van der Waals surface area contributed by atoms with Crippen LogP contribution in [-0.2, 0) is 0 Å². The molecule has 0 aromatic heterocycles. The lowest BCUT2D eigenvalue weighted by Crippen LogP contribution is -2.56. The summed E-state index contributed by atoms with van der Waals surface area (Å²) >= 11 is 0. The van der Waals surface area contributed by atoms with E-state index >= 15 is 0 Å². The third-order valence-corrected chi connectivity index (χ3v) is 3.27. The minimum absolute atomic E-state index is 0.244. The minimum Gasteiger partial charge on any atom is -0.306 e. The number of rotatable bonds is 1. The van der Waals surface area contributed by atoms with E-state index in [1.807, 2.05) is 14.1 Å². The predicted octanol–water partition coefficient (Wildman–Crippen LogP) is 0.782. The molecule has 0 amide bonds. The number of piperidine rings is 1. The summed E-state index contributed by atoms with van der Waals surface area (Å²) in [5.41, 5.74) is -0.244. The maximum Gasteiger partial charge on any atom is 0.113 e. The molecule has 0 spiro atoms. The van der Waals surface area contributed by atoms with E-state index in [0.717, 1.165) is 19.5 Å². The van der Waals surface area contributed by atoms with Gasteiger partial charge in [-0.05, 0) is 27.6 Å². The van der Waals surface area contributed by atoms with Crippen molar-refractivity contribution < 1.29 is 0 Å². The maximum absolute atomic E-state index is 9.26. The van der Waals surface area contributed by atoms with Crippen molar-refractivity contribution in [3.05, 3.63) is 0 Å². The lowest BCUT2D eigenvalue weighted by molar-refractivity contribution is 0.0587. The molecule has 1 fully saturated rings. The molecule has 0 aromatic carbocycles. The first-order valence-corrected chi connectivity index (χ1v) is 4.80. The van der Waals surface area contributed by atoms with Gasteiger partial charge in [0, 0.05) is 19.0 Å². The van der Waals surface area contributed by atoms with E-state index in [0.29, 0.717) is 5.92 Å². The van der Waals surface area contributed by atoms with E-state index in [4.69, 9.17) is 0 Å². The van der Waals surface area contributed by atoms with Crippen molar-refractivity contribution in [2.45, 2.75) is 18.9 Å². The van der Waals surface area contributed by atoms with E-state index in [2.05, 4.69) is 29.8 Å². The first-order valence-electron chi connectivity index (χ1n) is 4.80. The first-order chi connectivity index (χ1) is 6.03. The third kappa shape index (κ3) is 1.70. The molecule has 1 saturated heterocycles. The Kier molecular flexibility index (Phi) is 2.94. The first kappa shape index (κ1) is 10.5. The van der Waals surface area contributed by atoms with Gasteiger partial charge in [-0.1, -0.05) is 6.92 Å². The second-order valence-electron chi connectivity index (χ2n) is 4.34. The fourth-order valence-electron chi connectivity index (χ4n) is 2.25. The van der Waals surface area contributed by atoms with Gasteiger partial charge in [0.1, 0.15) is 5.54 Å². The van der Waals surface area contributed by atoms with Crippen molar-refractivity contribution in [1.82, 2.24) is 9.80 Å². The standard InChI is InChI=1S/C10H19N3/c1-9-7-13(4)6-5-10(9,8-11)12(2)3/h9H,5-7H2,1-4H3. The van der Waals surface area contributed by atoms with Gasteiger partial charge in [0.15, 0.2) is 0 Å². The van der Waals surface area contributed by atoms with Crippen LogP contribution in [0.25, 0.3) is 0 Å². The van der Waals surface area contributed by atoms with Crippen LogP contribution in [0.15, 0.2) is 0 Å². The molecule has 0 aliphatic carbocycles. The summed E-state index contributed by atoms with van der Waals surface area (Å²) in [4.78, 5) is 4.37. The number of hydrogen-bond acceptors (Lipinski definition) is 3. The van der Waals surface area contributed by atoms with Crippen molar-refractivity contribution in [2.75, 3.05) is 34.2 Å². The Morgan fingerprint density at radius 3 is 2.54 bits per heavy atom. The van der Waals surface area contributed by atoms with Crippen LogP contribution in [0.1, 0.15) is 13.3 Å². The molecule has 2 unspecified atom stereocenters. The molecule has 1 aliphatic rings. The van der Waals surface area contributed by atoms with Gasteiger partial charge in [-0.2, -0.15) is 5.26 Å². The fraction of sp³-hybridized carbons (Fsp3) is 0.900. The summed E-state index contributed by atoms with van der Waals surface area (Å²) in [7, 11) is 6.13. The van der Waals surface area contributed by atoms with Crippen LogP contribution < -0.4 is 0 Å². The van der Waals surface area contributed by atoms with Crippen molar-refractivity contribution in [1.29, 1.82) is 5.26 Å². The van der Waals surface area contributed by atoms with Crippen LogP contribution in [0.3, 0.4) is 0 Å². The van der Waals surface area contributed by atoms with Gasteiger partial charge in [-0.3, -0.25) is 4.90 Å². The SMILES string of the molecule is CC1CN(C)CCC1(C#N)N(C)C. The van der Waals surface area contributed by atoms with Gasteiger partial charge in [-0.25, -0.2) is 0 Å². The number of nitrogens with zero attached hydrogens (tertiary/aromatic N) is 3. The van der Waals surface area contributed by atoms with Gasteiger partial charge < -0.3 is 4.90 Å². The number of hydrogen-bond donors (Lipinski definition) is 0. The number of nitriles is 1. The molecule has 0 bridgehead atoms. The zero-order chi connectivity index (χ0) is 10.1. The quantitative estimate of drug-likeness (QED) is 0.599. The zero-order valence-corrected chi connectivity index (χ0v) is 9.04. The molecule has 0 radical (unpaired) electrons. The summed E-state index contributed by atoms with van der Waals surface area (Å²) in [5, 5.41) is 9.26. The summed E-state index contributed by atoms with van der Waals surface area (Å²) in [6.07, 6.45) is 0.953. The largest absolute Gasteiger partial charge is 0.306 e. The molecule has 3 heteroatoms. The molecular formula is C10H19N3. The van der Waals surface area contributed by atoms with Crippen molar-refractivity contribution in [2.24, 2.45) is 5.92 Å². The second kappa shape index (κ2) is 3.65. The summed E-state index contributed by atoms with van der Waals surface area (Å²) in [6, 6.07) is 2.49. The van der Waals surface area contributed by atoms with E-state index in [-0.39, 0.29) is 5.54 Å². The van der Waals surface area contributed by atoms with Crippen LogP contribution >= 0.6 is 0 Å². The summed E-state index contributed by atoms with van der Waals surface area (Å²) < 4.78 is 0. The van der Waals surface area contributed by atoms with E-state index in [1.54, 1.807) is 0 Å². The highest BCUT2D eigenvalue weighted by Gasteiger charge is 2.41. The van der Waals surface area contributed by atoms with Crippen LogP contribution in [0, 0.1) is 17.2 Å². The predicted molar refractivity (Wildman–Crippen MR) is 53.3 cm³/mol. The fourth-order valence-corrected chi connectivity index (χ4v) is 2.25. The van der Waals surface area contributed by atoms with Crippen LogP contribution in [0.5, 0.6) is 0 Å². The molecule has 13 heavy (non-hydrogen) atoms. The third-order valence-electron chi connectivity index (χ3n) is 3.27. The lowest BCUT2D eigenvalue weighted by atomic mass is 9.79. The maximum atomic E-state index is 9.26. The molecule has 1 heterocycles. The summed E-state index contributed by atoms with van der Waals surface area (Å²) in [6.45, 7) is 4.21. The monoisotopic (exact) mass is 181 g/mol. The molecular weight excluding hydrogens is 162 g/mol. The molecule has 1 rings (SSSR count). The smallest absolute Gasteiger partial charge is 0.113 e. The molecule has 0 N–H and O–H groups in total. The van der Waals surface area contributed by atoms with E-state index in [1.165, 1.54) is 0 Å². The normalized spacial score (nSPS) is 36.2. The van der Waals surface area contributed by atoms with Gasteiger partial charge in [-0.15, -0.1) is 0 Å². The zero-order valence-electron chi connectivity index (χ0n) is 9.04. The average Bonchev–Trinajstić information content (AvgIpc) is 2.04. The van der Waals surface area contributed by atoms with Crippen molar-refractivity contribution >= 4 is 0 Å². The molecule has 0 aromatic rings. The average molecular weight is 181 g/mol. The highest BCUT2D eigenvalue weighted by molar-refractivity contribution is 5.12. The van der Waals surface area contributed by atoms with E-state index < -0.39 is 0 Å². The van der Waals surface area contributed by atoms with Crippen molar-refractivity contribution in [3.8, 4) is 6.07 Å². The topological polar surface area (TPSA) is 30.3 Å². The molecule has 1 aliphatic heterocycles. The molecule has 3 nitrogen and oxygen atoms in total. The minimum atomic E-state index is -0.244. The van der Waals surface area contributed by atoms with Gasteiger partial charge in [0.2, 0.25) is 0 Å². The van der Waals surface area contributed by atoms with Crippen LogP contribution in [0.4, 0.5) is 0 Å². The Labute approximate surface area is 80.9 Å². The van der Waals surface area contributed by atoms with Gasteiger partial charge >= 0.3 is 0 Å². The van der Waals surface area contributed by atoms with Crippen LogP contribution in [-0.4, -0.2) is 49.6 Å². The highest BCUT2D eigenvalue weighted by atomic mass is 15.2. The molecule has 2 atom stereocenters. The van der Waals surface area contributed by atoms with Gasteiger partial charge in [0.25, 0.3) is 0 Å². The van der Waals surface area contributed by atoms with E-state index in [9.17, 15) is 5.26 Å². The van der Waals surface area contributed by atoms with Crippen molar-refractivity contribution in [3.63, 3.8) is 0 Å². The second-order valence-corrected chi connectivity index (χ2v) is 4.34. The Morgan fingerprint density at radius 1 is 1.54 bits per heavy atom. The Bertz CT molecular complexity index is 219. The lowest BCUT2D eigenvalue weighted by Gasteiger charge is -2.45. The highest BCUT2D eigenvalue weighted by Crippen LogP contribution is 2.30. The number of likely N-dealkylation sites (tertiary alicyclic amines) is 1. The Morgan fingerprint density at radius 2 is 2.15 bits per heavy atom. The molecule has 74 valence electrons. The summed E-state index contributed by atoms with van der Waals surface area (Å²) in [5.74, 6) is 0.422.